The number of ether oxygens (including phenoxy) is 2. The van der Waals surface area contributed by atoms with Crippen molar-refractivity contribution >= 4 is 23.4 Å². The molecule has 3 aliphatic heterocycles. The molecule has 8 nitrogen and oxygen atoms in total. The fraction of sp³-hybridized carbons (Fsp3) is 0.593. The van der Waals surface area contributed by atoms with Gasteiger partial charge in [0, 0.05) is 25.4 Å². The fourth-order valence-corrected chi connectivity index (χ4v) is 6.44. The second-order valence-corrected chi connectivity index (χ2v) is 10.5. The lowest BCUT2D eigenvalue weighted by Crippen LogP contribution is -2.57. The third kappa shape index (κ3) is 4.06. The molecule has 3 heterocycles. The Hall–Kier alpha value is -2.71. The number of carbonyl (C=O) groups is 3. The zero-order chi connectivity index (χ0) is 24.7. The van der Waals surface area contributed by atoms with Crippen molar-refractivity contribution in [1.82, 2.24) is 10.2 Å². The predicted octanol–water partition coefficient (Wildman–Crippen LogP) is 2.43. The first-order chi connectivity index (χ1) is 16.9. The molecule has 0 radical (unpaired) electrons. The van der Waals surface area contributed by atoms with Gasteiger partial charge in [0.05, 0.1) is 24.5 Å². The minimum absolute atomic E-state index is 0.0778. The highest BCUT2D eigenvalue weighted by atomic mass is 16.5. The van der Waals surface area contributed by atoms with Crippen LogP contribution in [0, 0.1) is 24.7 Å². The number of methoxy groups -OCH3 is 1. The maximum absolute atomic E-state index is 13.8. The molecule has 1 saturated carbocycles. The van der Waals surface area contributed by atoms with Gasteiger partial charge < -0.3 is 25.0 Å². The summed E-state index contributed by atoms with van der Waals surface area (Å²) in [6.07, 6.45) is 7.42. The lowest BCUT2D eigenvalue weighted by molar-refractivity contribution is -0.142. The summed E-state index contributed by atoms with van der Waals surface area (Å²) in [6.45, 7) is 4.68. The molecule has 1 aliphatic carbocycles. The molecule has 1 spiro atoms. The number of rotatable bonds is 7. The van der Waals surface area contributed by atoms with E-state index >= 15 is 0 Å². The van der Waals surface area contributed by atoms with E-state index in [1.165, 1.54) is 6.42 Å². The molecule has 188 valence electrons. The predicted molar refractivity (Wildman–Crippen MR) is 130 cm³/mol. The first-order valence-electron chi connectivity index (χ1n) is 12.7. The van der Waals surface area contributed by atoms with Gasteiger partial charge in [0.15, 0.2) is 0 Å². The molecule has 2 saturated heterocycles. The molecule has 2 N–H and O–H groups in total. The van der Waals surface area contributed by atoms with E-state index in [1.807, 2.05) is 43.3 Å². The average Bonchev–Trinajstić information content (AvgIpc) is 3.46. The molecule has 0 aromatic heterocycles. The first-order valence-corrected chi connectivity index (χ1v) is 12.7. The van der Waals surface area contributed by atoms with Crippen LogP contribution in [0.3, 0.4) is 0 Å². The molecule has 4 aliphatic rings. The van der Waals surface area contributed by atoms with Gasteiger partial charge in [0.25, 0.3) is 0 Å². The Bertz CT molecular complexity index is 1040. The third-order valence-electron chi connectivity index (χ3n) is 8.19. The van der Waals surface area contributed by atoms with Gasteiger partial charge in [-0.25, -0.2) is 0 Å². The topological polar surface area (TPSA) is 97.0 Å². The lowest BCUT2D eigenvalue weighted by Gasteiger charge is -2.35. The number of likely N-dealkylation sites (tertiary alicyclic amines) is 1. The van der Waals surface area contributed by atoms with Crippen LogP contribution >= 0.6 is 0 Å². The number of hydrogen-bond donors (Lipinski definition) is 2. The van der Waals surface area contributed by atoms with Crippen molar-refractivity contribution < 1.29 is 23.9 Å². The van der Waals surface area contributed by atoms with Crippen molar-refractivity contribution in [3.05, 3.63) is 42.0 Å². The summed E-state index contributed by atoms with van der Waals surface area (Å²) in [5.41, 5.74) is 0.560. The number of fused-ring (bicyclic) bond motifs is 1. The second-order valence-electron chi connectivity index (χ2n) is 10.5. The van der Waals surface area contributed by atoms with Crippen LogP contribution in [-0.2, 0) is 23.9 Å². The summed E-state index contributed by atoms with van der Waals surface area (Å²) in [5, 5.41) is 6.19. The minimum atomic E-state index is -1.15. The van der Waals surface area contributed by atoms with Crippen LogP contribution in [-0.4, -0.2) is 66.7 Å². The molecule has 8 heteroatoms. The van der Waals surface area contributed by atoms with Crippen molar-refractivity contribution in [1.29, 1.82) is 0 Å². The Morgan fingerprint density at radius 3 is 2.77 bits per heavy atom. The van der Waals surface area contributed by atoms with Crippen LogP contribution in [0.15, 0.2) is 36.4 Å². The number of aryl methyl sites for hydroxylation is 1. The zero-order valence-corrected chi connectivity index (χ0v) is 20.7. The molecular weight excluding hydrogens is 446 g/mol. The number of benzene rings is 1. The minimum Gasteiger partial charge on any atom is -0.383 e. The van der Waals surface area contributed by atoms with Gasteiger partial charge in [0.1, 0.15) is 11.6 Å². The molecular formula is C27H35N3O5. The van der Waals surface area contributed by atoms with Crippen LogP contribution < -0.4 is 10.6 Å². The van der Waals surface area contributed by atoms with E-state index in [-0.39, 0.29) is 30.3 Å². The highest BCUT2D eigenvalue weighted by molar-refractivity contribution is 6.02. The Balaban J connectivity index is 1.43. The van der Waals surface area contributed by atoms with Gasteiger partial charge >= 0.3 is 0 Å². The largest absolute Gasteiger partial charge is 0.383 e. The van der Waals surface area contributed by atoms with Crippen LogP contribution in [0.5, 0.6) is 0 Å². The van der Waals surface area contributed by atoms with Crippen molar-refractivity contribution in [2.24, 2.45) is 17.8 Å². The highest BCUT2D eigenvalue weighted by Gasteiger charge is 2.72. The molecule has 7 atom stereocenters. The SMILES string of the molecule is COCCN1C(=O)C2C(C(=O)Nc3cccc(C)c3)C3C=CC2(O3)C1C(=O)NC1CCCCC1C. The normalized spacial score (nSPS) is 35.3. The van der Waals surface area contributed by atoms with Gasteiger partial charge in [-0.15, -0.1) is 0 Å². The summed E-state index contributed by atoms with van der Waals surface area (Å²) < 4.78 is 11.6. The quantitative estimate of drug-likeness (QED) is 0.583. The third-order valence-corrected chi connectivity index (χ3v) is 8.19. The van der Waals surface area contributed by atoms with Crippen molar-refractivity contribution in [2.45, 2.75) is 63.3 Å². The van der Waals surface area contributed by atoms with E-state index in [1.54, 1.807) is 12.0 Å². The Morgan fingerprint density at radius 1 is 1.23 bits per heavy atom. The van der Waals surface area contributed by atoms with Crippen molar-refractivity contribution in [3.8, 4) is 0 Å². The van der Waals surface area contributed by atoms with Crippen LogP contribution in [0.4, 0.5) is 5.69 Å². The Morgan fingerprint density at radius 2 is 2.03 bits per heavy atom. The molecule has 3 fully saturated rings. The zero-order valence-electron chi connectivity index (χ0n) is 20.7. The summed E-state index contributed by atoms with van der Waals surface area (Å²) in [5.74, 6) is -1.77. The number of nitrogens with zero attached hydrogens (tertiary/aromatic N) is 1. The summed E-state index contributed by atoms with van der Waals surface area (Å²) in [4.78, 5) is 42.5. The van der Waals surface area contributed by atoms with Crippen LogP contribution in [0.1, 0.15) is 38.2 Å². The van der Waals surface area contributed by atoms with E-state index in [4.69, 9.17) is 9.47 Å². The number of carbonyl (C=O) groups excluding carboxylic acids is 3. The monoisotopic (exact) mass is 481 g/mol. The molecule has 2 bridgehead atoms. The molecule has 1 aromatic rings. The summed E-state index contributed by atoms with van der Waals surface area (Å²) in [7, 11) is 1.57. The van der Waals surface area contributed by atoms with Crippen molar-refractivity contribution in [3.63, 3.8) is 0 Å². The Labute approximate surface area is 206 Å². The number of hydrogen-bond acceptors (Lipinski definition) is 5. The summed E-state index contributed by atoms with van der Waals surface area (Å²) in [6, 6.07) is 6.80. The standard InChI is InChI=1S/C27H35N3O5/c1-16-7-6-9-18(15-16)28-24(31)21-20-11-12-27(35-20)22(21)26(33)30(13-14-34-3)23(27)25(32)29-19-10-5-4-8-17(19)2/h6-7,9,11-12,15,17,19-23H,4-5,8,10,13-14H2,1-3H3,(H,28,31)(H,29,32). The number of anilines is 1. The molecule has 1 aromatic carbocycles. The van der Waals surface area contributed by atoms with Gasteiger partial charge in [-0.2, -0.15) is 0 Å². The van der Waals surface area contributed by atoms with Crippen LogP contribution in [0.2, 0.25) is 0 Å². The van der Waals surface area contributed by atoms with Gasteiger partial charge in [0.2, 0.25) is 17.7 Å². The van der Waals surface area contributed by atoms with E-state index in [9.17, 15) is 14.4 Å². The first kappa shape index (κ1) is 24.0. The molecule has 3 amide bonds. The van der Waals surface area contributed by atoms with E-state index in [0.29, 0.717) is 18.2 Å². The average molecular weight is 482 g/mol. The highest BCUT2D eigenvalue weighted by Crippen LogP contribution is 2.55. The fourth-order valence-electron chi connectivity index (χ4n) is 6.44. The van der Waals surface area contributed by atoms with E-state index in [2.05, 4.69) is 17.6 Å². The number of nitrogens with one attached hydrogen (secondary N) is 2. The van der Waals surface area contributed by atoms with E-state index < -0.39 is 29.6 Å². The maximum Gasteiger partial charge on any atom is 0.246 e. The van der Waals surface area contributed by atoms with Crippen molar-refractivity contribution in [2.75, 3.05) is 25.6 Å². The second kappa shape index (κ2) is 9.39. The van der Waals surface area contributed by atoms with E-state index in [0.717, 1.165) is 24.8 Å². The molecule has 7 unspecified atom stereocenters. The molecule has 35 heavy (non-hydrogen) atoms. The van der Waals surface area contributed by atoms with Gasteiger partial charge in [-0.05, 0) is 43.4 Å². The van der Waals surface area contributed by atoms with Gasteiger partial charge in [-0.3, -0.25) is 14.4 Å². The molecule has 5 rings (SSSR count). The lowest BCUT2D eigenvalue weighted by atomic mass is 9.74. The van der Waals surface area contributed by atoms with Gasteiger partial charge in [-0.1, -0.05) is 44.1 Å². The Kier molecular flexibility index (Phi) is 6.44. The smallest absolute Gasteiger partial charge is 0.246 e. The van der Waals surface area contributed by atoms with Crippen LogP contribution in [0.25, 0.3) is 0 Å². The number of amides is 3. The summed E-state index contributed by atoms with van der Waals surface area (Å²) >= 11 is 0. The maximum atomic E-state index is 13.8.